The summed E-state index contributed by atoms with van der Waals surface area (Å²) in [6, 6.07) is 19.8. The summed E-state index contributed by atoms with van der Waals surface area (Å²) in [5.41, 5.74) is 8.27. The molecule has 20 heavy (non-hydrogen) atoms. The van der Waals surface area contributed by atoms with Gasteiger partial charge in [-0.15, -0.1) is 0 Å². The zero-order valence-corrected chi connectivity index (χ0v) is 11.8. The number of nitrogens with zero attached hydrogens (tertiary/aromatic N) is 1. The Labute approximate surface area is 119 Å². The van der Waals surface area contributed by atoms with Crippen LogP contribution in [0, 0.1) is 0 Å². The molecule has 0 aromatic heterocycles. The van der Waals surface area contributed by atoms with Crippen LogP contribution in [0.4, 0.5) is 11.4 Å². The first-order valence-electron chi connectivity index (χ1n) is 7.10. The monoisotopic (exact) mass is 259 g/mol. The molecule has 0 bridgehead atoms. The maximum absolute atomic E-state index is 2.47. The van der Waals surface area contributed by atoms with E-state index in [-0.39, 0.29) is 0 Å². The third-order valence-corrected chi connectivity index (χ3v) is 4.47. The van der Waals surface area contributed by atoms with Crippen LogP contribution in [0.25, 0.3) is 5.57 Å². The number of hydrogen-bond acceptors (Lipinski definition) is 1. The predicted molar refractivity (Wildman–Crippen MR) is 85.2 cm³/mol. The smallest absolute Gasteiger partial charge is 0.0814 e. The Morgan fingerprint density at radius 3 is 2.35 bits per heavy atom. The Kier molecular flexibility index (Phi) is 2.37. The highest BCUT2D eigenvalue weighted by molar-refractivity contribution is 5.96. The summed E-state index contributed by atoms with van der Waals surface area (Å²) in [6.07, 6.45) is 2.35. The van der Waals surface area contributed by atoms with E-state index < -0.39 is 0 Å². The minimum absolute atomic E-state index is 0.370. The van der Waals surface area contributed by atoms with E-state index in [2.05, 4.69) is 79.4 Å². The molecule has 0 radical (unpaired) electrons. The van der Waals surface area contributed by atoms with Gasteiger partial charge in [-0.25, -0.2) is 0 Å². The Hall–Kier alpha value is -2.28. The Morgan fingerprint density at radius 1 is 0.850 bits per heavy atom. The first-order valence-corrected chi connectivity index (χ1v) is 7.10. The highest BCUT2D eigenvalue weighted by atomic mass is 15.2. The van der Waals surface area contributed by atoms with Gasteiger partial charge in [-0.1, -0.05) is 42.5 Å². The fraction of sp³-hybridized carbons (Fsp3) is 0.158. The van der Waals surface area contributed by atoms with E-state index in [0.29, 0.717) is 6.04 Å². The number of allylic oxidation sites excluding steroid dienone is 2. The molecule has 2 aromatic rings. The largest absolute Gasteiger partial charge is 0.330 e. The third-order valence-electron chi connectivity index (χ3n) is 4.47. The van der Waals surface area contributed by atoms with Gasteiger partial charge in [0.05, 0.1) is 6.04 Å². The molecule has 0 N–H and O–H groups in total. The van der Waals surface area contributed by atoms with Gasteiger partial charge in [0.2, 0.25) is 0 Å². The van der Waals surface area contributed by atoms with Crippen LogP contribution in [0.1, 0.15) is 19.4 Å². The maximum Gasteiger partial charge on any atom is 0.0814 e. The molecule has 1 heterocycles. The quantitative estimate of drug-likeness (QED) is 0.701. The molecule has 98 valence electrons. The second-order valence-corrected chi connectivity index (χ2v) is 5.59. The zero-order valence-electron chi connectivity index (χ0n) is 11.8. The van der Waals surface area contributed by atoms with Gasteiger partial charge in [0.25, 0.3) is 0 Å². The lowest BCUT2D eigenvalue weighted by atomic mass is 10.0. The van der Waals surface area contributed by atoms with Crippen LogP contribution in [-0.4, -0.2) is 6.04 Å². The molecule has 1 aliphatic heterocycles. The summed E-state index contributed by atoms with van der Waals surface area (Å²) in [5, 5.41) is 0. The first kappa shape index (κ1) is 11.5. The topological polar surface area (TPSA) is 3.24 Å². The molecule has 2 aromatic carbocycles. The maximum atomic E-state index is 2.47. The van der Waals surface area contributed by atoms with Crippen LogP contribution in [0.2, 0.25) is 0 Å². The van der Waals surface area contributed by atoms with Crippen molar-refractivity contribution in [1.82, 2.24) is 0 Å². The average Bonchev–Trinajstić information content (AvgIpc) is 2.96. The number of fused-ring (bicyclic) bond motifs is 3. The standard InChI is InChI=1S/C19H17N/c1-13-12-17-16-10-6-7-11-18(16)20(19(17)14(13)2)15-8-4-3-5-9-15/h3-12,19H,1-2H3. The lowest BCUT2D eigenvalue weighted by molar-refractivity contribution is 0.942. The molecular weight excluding hydrogens is 242 g/mol. The van der Waals surface area contributed by atoms with E-state index in [0.717, 1.165) is 0 Å². The van der Waals surface area contributed by atoms with Crippen molar-refractivity contribution in [3.63, 3.8) is 0 Å². The molecule has 0 saturated carbocycles. The number of para-hydroxylation sites is 2. The Bertz CT molecular complexity index is 737. The number of hydrogen-bond donors (Lipinski definition) is 0. The van der Waals surface area contributed by atoms with Crippen molar-refractivity contribution in [2.75, 3.05) is 4.90 Å². The van der Waals surface area contributed by atoms with Gasteiger partial charge in [0.1, 0.15) is 0 Å². The molecule has 0 amide bonds. The number of benzene rings is 2. The molecule has 4 rings (SSSR count). The minimum Gasteiger partial charge on any atom is -0.330 e. The van der Waals surface area contributed by atoms with Crippen molar-refractivity contribution >= 4 is 16.9 Å². The number of rotatable bonds is 1. The normalized spacial score (nSPS) is 20.0. The van der Waals surface area contributed by atoms with Gasteiger partial charge in [-0.2, -0.15) is 0 Å². The van der Waals surface area contributed by atoms with Crippen molar-refractivity contribution in [3.05, 3.63) is 77.4 Å². The highest BCUT2D eigenvalue weighted by Crippen LogP contribution is 2.50. The van der Waals surface area contributed by atoms with Gasteiger partial charge < -0.3 is 4.90 Å². The molecule has 1 aliphatic carbocycles. The van der Waals surface area contributed by atoms with E-state index in [4.69, 9.17) is 0 Å². The summed E-state index contributed by atoms with van der Waals surface area (Å²) in [4.78, 5) is 2.47. The van der Waals surface area contributed by atoms with Gasteiger partial charge in [0, 0.05) is 16.9 Å². The second kappa shape index (κ2) is 4.11. The fourth-order valence-corrected chi connectivity index (χ4v) is 3.38. The predicted octanol–water partition coefficient (Wildman–Crippen LogP) is 4.94. The molecule has 1 atom stereocenters. The van der Waals surface area contributed by atoms with Crippen LogP contribution in [0.5, 0.6) is 0 Å². The van der Waals surface area contributed by atoms with Crippen LogP contribution in [0.15, 0.2) is 71.8 Å². The van der Waals surface area contributed by atoms with Gasteiger partial charge in [0.15, 0.2) is 0 Å². The van der Waals surface area contributed by atoms with Crippen LogP contribution >= 0.6 is 0 Å². The van der Waals surface area contributed by atoms with Gasteiger partial charge in [-0.05, 0) is 48.8 Å². The van der Waals surface area contributed by atoms with Crippen LogP contribution < -0.4 is 4.90 Å². The van der Waals surface area contributed by atoms with Crippen molar-refractivity contribution in [2.24, 2.45) is 0 Å². The molecule has 0 fully saturated rings. The summed E-state index contributed by atoms with van der Waals surface area (Å²) in [5.74, 6) is 0. The Morgan fingerprint density at radius 2 is 1.55 bits per heavy atom. The fourth-order valence-electron chi connectivity index (χ4n) is 3.38. The summed E-state index contributed by atoms with van der Waals surface area (Å²) in [6.45, 7) is 4.47. The first-order chi connectivity index (χ1) is 9.77. The number of anilines is 2. The lowest BCUT2D eigenvalue weighted by Gasteiger charge is -2.27. The lowest BCUT2D eigenvalue weighted by Crippen LogP contribution is -2.26. The van der Waals surface area contributed by atoms with E-state index in [1.54, 1.807) is 0 Å². The molecule has 1 unspecified atom stereocenters. The Balaban J connectivity index is 1.96. The van der Waals surface area contributed by atoms with Crippen molar-refractivity contribution in [3.8, 4) is 0 Å². The van der Waals surface area contributed by atoms with Gasteiger partial charge >= 0.3 is 0 Å². The molecule has 1 nitrogen and oxygen atoms in total. The van der Waals surface area contributed by atoms with Crippen molar-refractivity contribution in [2.45, 2.75) is 19.9 Å². The van der Waals surface area contributed by atoms with Crippen LogP contribution in [-0.2, 0) is 0 Å². The van der Waals surface area contributed by atoms with Gasteiger partial charge in [-0.3, -0.25) is 0 Å². The van der Waals surface area contributed by atoms with Crippen molar-refractivity contribution < 1.29 is 0 Å². The second-order valence-electron chi connectivity index (χ2n) is 5.59. The molecule has 0 saturated heterocycles. The molecular formula is C19H17N. The van der Waals surface area contributed by atoms with E-state index >= 15 is 0 Å². The summed E-state index contributed by atoms with van der Waals surface area (Å²) < 4.78 is 0. The van der Waals surface area contributed by atoms with Crippen molar-refractivity contribution in [1.29, 1.82) is 0 Å². The SMILES string of the molecule is CC1=C(C)C2C(=C1)c1ccccc1N2c1ccccc1. The minimum atomic E-state index is 0.370. The zero-order chi connectivity index (χ0) is 13.7. The highest BCUT2D eigenvalue weighted by Gasteiger charge is 2.38. The third kappa shape index (κ3) is 1.44. The molecule has 2 aliphatic rings. The molecule has 1 heteroatoms. The van der Waals surface area contributed by atoms with E-state index in [1.807, 2.05) is 0 Å². The summed E-state index contributed by atoms with van der Waals surface area (Å²) >= 11 is 0. The van der Waals surface area contributed by atoms with E-state index in [9.17, 15) is 0 Å². The van der Waals surface area contributed by atoms with E-state index in [1.165, 1.54) is 33.7 Å². The average molecular weight is 259 g/mol. The summed E-state index contributed by atoms with van der Waals surface area (Å²) in [7, 11) is 0. The van der Waals surface area contributed by atoms with Crippen LogP contribution in [0.3, 0.4) is 0 Å². The molecule has 0 spiro atoms.